The van der Waals surface area contributed by atoms with Gasteiger partial charge in [-0.05, 0) is 6.42 Å². The van der Waals surface area contributed by atoms with Gasteiger partial charge in [0.05, 0.1) is 5.84 Å². The number of amidine groups is 1. The van der Waals surface area contributed by atoms with Crippen LogP contribution in [0.1, 0.15) is 19.3 Å². The first-order valence-corrected chi connectivity index (χ1v) is 3.81. The third-order valence-corrected chi connectivity index (χ3v) is 1.85. The molecule has 0 aliphatic carbocycles. The van der Waals surface area contributed by atoms with Crippen LogP contribution in [0.3, 0.4) is 0 Å². The smallest absolute Gasteiger partial charge is 0.219 e. The Bertz CT molecular complexity index is 179. The largest absolute Gasteiger partial charge is 0.370 e. The van der Waals surface area contributed by atoms with Crippen molar-refractivity contribution < 1.29 is 4.79 Å². The number of amides is 1. The Morgan fingerprint density at radius 1 is 1.73 bits per heavy atom. The number of hydrogen-bond acceptors (Lipinski definition) is 2. The molecule has 1 saturated heterocycles. The standard InChI is InChI=1S/C7H13N3O/c8-6-2-1-4-10(6)5-3-7(9)11/h8H,1-5H2,(H2,9,11). The lowest BCUT2D eigenvalue weighted by molar-refractivity contribution is -0.118. The minimum atomic E-state index is -0.287. The van der Waals surface area contributed by atoms with Crippen LogP contribution in [0, 0.1) is 5.41 Å². The van der Waals surface area contributed by atoms with Gasteiger partial charge in [0.1, 0.15) is 0 Å². The Hall–Kier alpha value is -1.06. The topological polar surface area (TPSA) is 70.2 Å². The molecule has 1 amide bonds. The lowest BCUT2D eigenvalue weighted by Crippen LogP contribution is -2.28. The summed E-state index contributed by atoms with van der Waals surface area (Å²) >= 11 is 0. The van der Waals surface area contributed by atoms with E-state index >= 15 is 0 Å². The first-order valence-electron chi connectivity index (χ1n) is 3.81. The van der Waals surface area contributed by atoms with Crippen molar-refractivity contribution in [2.24, 2.45) is 5.73 Å². The van der Waals surface area contributed by atoms with Crippen LogP contribution in [0.5, 0.6) is 0 Å². The molecule has 4 heteroatoms. The second-order valence-corrected chi connectivity index (χ2v) is 2.75. The number of carbonyl (C=O) groups excluding carboxylic acids is 1. The Morgan fingerprint density at radius 3 is 2.91 bits per heavy atom. The maximum atomic E-state index is 10.4. The van der Waals surface area contributed by atoms with Crippen molar-refractivity contribution in [3.63, 3.8) is 0 Å². The van der Waals surface area contributed by atoms with Gasteiger partial charge in [-0.15, -0.1) is 0 Å². The molecule has 0 spiro atoms. The fraction of sp³-hybridized carbons (Fsp3) is 0.714. The normalized spacial score (nSPS) is 17.5. The zero-order chi connectivity index (χ0) is 8.27. The maximum Gasteiger partial charge on any atom is 0.219 e. The molecule has 0 saturated carbocycles. The summed E-state index contributed by atoms with van der Waals surface area (Å²) in [5.41, 5.74) is 4.98. The number of nitrogens with one attached hydrogen (secondary N) is 1. The van der Waals surface area contributed by atoms with Crippen LogP contribution < -0.4 is 5.73 Å². The molecule has 0 aromatic carbocycles. The van der Waals surface area contributed by atoms with Gasteiger partial charge in [0, 0.05) is 25.9 Å². The van der Waals surface area contributed by atoms with E-state index in [9.17, 15) is 4.79 Å². The highest BCUT2D eigenvalue weighted by Crippen LogP contribution is 2.09. The summed E-state index contributed by atoms with van der Waals surface area (Å²) in [7, 11) is 0. The van der Waals surface area contributed by atoms with Crippen LogP contribution in [0.25, 0.3) is 0 Å². The van der Waals surface area contributed by atoms with Crippen molar-refractivity contribution in [2.75, 3.05) is 13.1 Å². The number of rotatable bonds is 3. The number of likely N-dealkylation sites (tertiary alicyclic amines) is 1. The average molecular weight is 155 g/mol. The van der Waals surface area contributed by atoms with Crippen LogP contribution >= 0.6 is 0 Å². The van der Waals surface area contributed by atoms with Gasteiger partial charge in [0.2, 0.25) is 5.91 Å². The van der Waals surface area contributed by atoms with Crippen LogP contribution in [-0.2, 0) is 4.79 Å². The zero-order valence-electron chi connectivity index (χ0n) is 6.47. The van der Waals surface area contributed by atoms with Crippen molar-refractivity contribution in [2.45, 2.75) is 19.3 Å². The van der Waals surface area contributed by atoms with E-state index in [0.717, 1.165) is 19.4 Å². The molecule has 1 aliphatic rings. The fourth-order valence-electron chi connectivity index (χ4n) is 1.22. The van der Waals surface area contributed by atoms with Gasteiger partial charge < -0.3 is 10.6 Å². The molecule has 1 fully saturated rings. The molecule has 1 aliphatic heterocycles. The predicted molar refractivity (Wildman–Crippen MR) is 42.3 cm³/mol. The fourth-order valence-corrected chi connectivity index (χ4v) is 1.22. The van der Waals surface area contributed by atoms with Gasteiger partial charge in [-0.1, -0.05) is 0 Å². The van der Waals surface area contributed by atoms with Crippen molar-refractivity contribution in [3.05, 3.63) is 0 Å². The van der Waals surface area contributed by atoms with Gasteiger partial charge in [-0.3, -0.25) is 10.2 Å². The molecule has 1 heterocycles. The van der Waals surface area contributed by atoms with Crippen LogP contribution in [0.4, 0.5) is 0 Å². The highest BCUT2D eigenvalue weighted by molar-refractivity contribution is 5.81. The van der Waals surface area contributed by atoms with Crippen LogP contribution in [0.2, 0.25) is 0 Å². The van der Waals surface area contributed by atoms with E-state index in [4.69, 9.17) is 11.1 Å². The third-order valence-electron chi connectivity index (χ3n) is 1.85. The van der Waals surface area contributed by atoms with Gasteiger partial charge in [0.15, 0.2) is 0 Å². The number of primary amides is 1. The molecule has 1 rings (SSSR count). The Balaban J connectivity index is 2.26. The van der Waals surface area contributed by atoms with E-state index in [1.807, 2.05) is 4.90 Å². The number of hydrogen-bond donors (Lipinski definition) is 2. The molecule has 62 valence electrons. The first kappa shape index (κ1) is 8.04. The van der Waals surface area contributed by atoms with Gasteiger partial charge in [0.25, 0.3) is 0 Å². The van der Waals surface area contributed by atoms with Crippen molar-refractivity contribution in [1.29, 1.82) is 5.41 Å². The summed E-state index contributed by atoms with van der Waals surface area (Å²) < 4.78 is 0. The van der Waals surface area contributed by atoms with E-state index in [1.54, 1.807) is 0 Å². The second-order valence-electron chi connectivity index (χ2n) is 2.75. The lowest BCUT2D eigenvalue weighted by atomic mass is 10.4. The van der Waals surface area contributed by atoms with E-state index < -0.39 is 0 Å². The van der Waals surface area contributed by atoms with Crippen LogP contribution in [0.15, 0.2) is 0 Å². The molecule has 0 bridgehead atoms. The van der Waals surface area contributed by atoms with Gasteiger partial charge in [-0.25, -0.2) is 0 Å². The van der Waals surface area contributed by atoms with Crippen molar-refractivity contribution in [1.82, 2.24) is 4.90 Å². The van der Waals surface area contributed by atoms with E-state index in [2.05, 4.69) is 0 Å². The van der Waals surface area contributed by atoms with Crippen molar-refractivity contribution >= 4 is 11.7 Å². The Morgan fingerprint density at radius 2 is 2.45 bits per heavy atom. The van der Waals surface area contributed by atoms with E-state index in [1.165, 1.54) is 0 Å². The highest BCUT2D eigenvalue weighted by atomic mass is 16.1. The molecule has 0 radical (unpaired) electrons. The quantitative estimate of drug-likeness (QED) is 0.599. The third kappa shape index (κ3) is 2.22. The first-order chi connectivity index (χ1) is 5.20. The number of carbonyl (C=O) groups is 1. The summed E-state index contributed by atoms with van der Waals surface area (Å²) in [5, 5.41) is 7.42. The second kappa shape index (κ2) is 3.37. The summed E-state index contributed by atoms with van der Waals surface area (Å²) in [6, 6.07) is 0. The van der Waals surface area contributed by atoms with Gasteiger partial charge in [-0.2, -0.15) is 0 Å². The highest BCUT2D eigenvalue weighted by Gasteiger charge is 2.16. The molecule has 4 nitrogen and oxygen atoms in total. The zero-order valence-corrected chi connectivity index (χ0v) is 6.47. The minimum absolute atomic E-state index is 0.287. The number of nitrogens with two attached hydrogens (primary N) is 1. The summed E-state index contributed by atoms with van der Waals surface area (Å²) in [4.78, 5) is 12.3. The summed E-state index contributed by atoms with van der Waals surface area (Å²) in [6.45, 7) is 1.53. The molecule has 0 unspecified atom stereocenters. The summed E-state index contributed by atoms with van der Waals surface area (Å²) in [6.07, 6.45) is 2.25. The maximum absolute atomic E-state index is 10.4. The lowest BCUT2D eigenvalue weighted by Gasteiger charge is -2.15. The van der Waals surface area contributed by atoms with Crippen molar-refractivity contribution in [3.8, 4) is 0 Å². The Labute approximate surface area is 65.9 Å². The van der Waals surface area contributed by atoms with Crippen LogP contribution in [-0.4, -0.2) is 29.7 Å². The van der Waals surface area contributed by atoms with Gasteiger partial charge >= 0.3 is 0 Å². The van der Waals surface area contributed by atoms with E-state index in [0.29, 0.717) is 18.8 Å². The molecular formula is C7H13N3O. The average Bonchev–Trinajstić information content (AvgIpc) is 2.31. The predicted octanol–water partition coefficient (Wildman–Crippen LogP) is -0.0651. The molecule has 0 atom stereocenters. The molecule has 11 heavy (non-hydrogen) atoms. The number of nitrogens with zero attached hydrogens (tertiary/aromatic N) is 1. The van der Waals surface area contributed by atoms with E-state index in [-0.39, 0.29) is 5.91 Å². The minimum Gasteiger partial charge on any atom is -0.370 e. The molecule has 0 aromatic rings. The molecule has 3 N–H and O–H groups in total. The molecular weight excluding hydrogens is 142 g/mol. The summed E-state index contributed by atoms with van der Waals surface area (Å²) in [5.74, 6) is 0.357. The molecule has 0 aromatic heterocycles. The Kier molecular flexibility index (Phi) is 2.46. The monoisotopic (exact) mass is 155 g/mol. The SMILES string of the molecule is N=C1CCCN1CCC(N)=O.